The third-order valence-electron chi connectivity index (χ3n) is 5.88. The van der Waals surface area contributed by atoms with Gasteiger partial charge in [-0.15, -0.1) is 0 Å². The first-order chi connectivity index (χ1) is 9.76. The minimum Gasteiger partial charge on any atom is -0.383 e. The first kappa shape index (κ1) is 13.9. The Hall–Kier alpha value is -1.02. The zero-order valence-corrected chi connectivity index (χ0v) is 13.0. The number of para-hydroxylation sites is 1. The maximum absolute atomic E-state index is 3.62. The van der Waals surface area contributed by atoms with E-state index in [0.29, 0.717) is 11.5 Å². The van der Waals surface area contributed by atoms with E-state index < -0.39 is 0 Å². The third kappa shape index (κ3) is 2.58. The summed E-state index contributed by atoms with van der Waals surface area (Å²) in [5.41, 5.74) is 3.47. The molecule has 110 valence electrons. The average Bonchev–Trinajstić information content (AvgIpc) is 2.54. The average molecular weight is 272 g/mol. The number of anilines is 1. The van der Waals surface area contributed by atoms with Gasteiger partial charge in [-0.05, 0) is 49.4 Å². The Morgan fingerprint density at radius 3 is 2.55 bits per heavy atom. The summed E-state index contributed by atoms with van der Waals surface area (Å²) < 4.78 is 0. The van der Waals surface area contributed by atoms with Crippen LogP contribution in [0, 0.1) is 5.41 Å². The Morgan fingerprint density at radius 2 is 1.85 bits per heavy atom. The molecule has 0 radical (unpaired) electrons. The van der Waals surface area contributed by atoms with Crippen molar-refractivity contribution in [2.45, 2.75) is 52.0 Å². The Labute approximate surface area is 123 Å². The number of likely N-dealkylation sites (tertiary alicyclic amines) is 1. The quantitative estimate of drug-likeness (QED) is 0.897. The third-order valence-corrected chi connectivity index (χ3v) is 5.88. The molecule has 0 amide bonds. The van der Waals surface area contributed by atoms with Gasteiger partial charge in [0.2, 0.25) is 0 Å². The molecule has 2 nitrogen and oxygen atoms in total. The van der Waals surface area contributed by atoms with Crippen molar-refractivity contribution in [1.82, 2.24) is 4.90 Å². The Kier molecular flexibility index (Phi) is 4.02. The van der Waals surface area contributed by atoms with E-state index in [1.165, 1.54) is 56.4 Å². The minimum absolute atomic E-state index is 0.635. The Morgan fingerprint density at radius 1 is 1.15 bits per heavy atom. The highest BCUT2D eigenvalue weighted by molar-refractivity contribution is 5.53. The van der Waals surface area contributed by atoms with E-state index >= 15 is 0 Å². The van der Waals surface area contributed by atoms with Crippen LogP contribution in [-0.4, -0.2) is 30.6 Å². The maximum atomic E-state index is 3.62. The molecule has 20 heavy (non-hydrogen) atoms. The van der Waals surface area contributed by atoms with Crippen molar-refractivity contribution in [2.24, 2.45) is 5.41 Å². The zero-order chi connectivity index (χ0) is 14.0. The van der Waals surface area contributed by atoms with E-state index in [2.05, 4.69) is 48.3 Å². The fraction of sp³-hybridized carbons (Fsp3) is 0.667. The molecule has 1 aromatic rings. The van der Waals surface area contributed by atoms with Gasteiger partial charge in [-0.1, -0.05) is 44.9 Å². The number of hydrogen-bond donors (Lipinski definition) is 1. The van der Waals surface area contributed by atoms with Crippen molar-refractivity contribution in [1.29, 1.82) is 0 Å². The molecule has 1 unspecified atom stereocenters. The summed E-state index contributed by atoms with van der Waals surface area (Å²) in [5.74, 6) is 0. The zero-order valence-electron chi connectivity index (χ0n) is 13.0. The molecular formula is C18H28N2. The largest absolute Gasteiger partial charge is 0.383 e. The summed E-state index contributed by atoms with van der Waals surface area (Å²) in [7, 11) is 0. The van der Waals surface area contributed by atoms with Gasteiger partial charge in [0.25, 0.3) is 0 Å². The molecule has 1 saturated heterocycles. The van der Waals surface area contributed by atoms with Crippen LogP contribution >= 0.6 is 0 Å². The number of nitrogens with zero attached hydrogens (tertiary/aromatic N) is 1. The second-order valence-corrected chi connectivity index (χ2v) is 6.64. The molecule has 2 heterocycles. The lowest BCUT2D eigenvalue weighted by atomic mass is 9.74. The van der Waals surface area contributed by atoms with Crippen LogP contribution in [0.25, 0.3) is 0 Å². The second kappa shape index (κ2) is 5.77. The molecule has 1 atom stereocenters. The van der Waals surface area contributed by atoms with Crippen molar-refractivity contribution in [3.05, 3.63) is 29.8 Å². The van der Waals surface area contributed by atoms with Gasteiger partial charge in [0.05, 0.1) is 0 Å². The predicted octanol–water partition coefficient (Wildman–Crippen LogP) is 3.93. The molecule has 1 N–H and O–H groups in total. The summed E-state index contributed by atoms with van der Waals surface area (Å²) >= 11 is 0. The lowest BCUT2D eigenvalue weighted by Crippen LogP contribution is -2.49. The summed E-state index contributed by atoms with van der Waals surface area (Å²) in [4.78, 5) is 2.73. The van der Waals surface area contributed by atoms with Crippen LogP contribution in [0.5, 0.6) is 0 Å². The van der Waals surface area contributed by atoms with E-state index in [-0.39, 0.29) is 0 Å². The van der Waals surface area contributed by atoms with Crippen LogP contribution < -0.4 is 5.32 Å². The molecule has 0 spiro atoms. The second-order valence-electron chi connectivity index (χ2n) is 6.64. The molecule has 2 heteroatoms. The first-order valence-corrected chi connectivity index (χ1v) is 8.32. The summed E-state index contributed by atoms with van der Waals surface area (Å²) in [6.07, 6.45) is 6.69. The van der Waals surface area contributed by atoms with Gasteiger partial charge < -0.3 is 5.32 Å². The highest BCUT2D eigenvalue weighted by Crippen LogP contribution is 2.39. The van der Waals surface area contributed by atoms with Gasteiger partial charge in [-0.2, -0.15) is 0 Å². The van der Waals surface area contributed by atoms with Crippen LogP contribution in [0.1, 0.15) is 45.1 Å². The standard InChI is InChI=1S/C18H28N2/c1-3-18(4-2)9-11-20(12-10-18)16-13-15-7-5-6-8-17(15)19-14-16/h5-8,16,19H,3-4,9-14H2,1-2H3. The van der Waals surface area contributed by atoms with Crippen molar-refractivity contribution in [2.75, 3.05) is 25.0 Å². The molecule has 3 rings (SSSR count). The molecule has 0 bridgehead atoms. The van der Waals surface area contributed by atoms with Crippen LogP contribution in [0.3, 0.4) is 0 Å². The van der Waals surface area contributed by atoms with Gasteiger partial charge in [-0.25, -0.2) is 0 Å². The summed E-state index contributed by atoms with van der Waals surface area (Å²) in [5, 5.41) is 3.62. The lowest BCUT2D eigenvalue weighted by molar-refractivity contribution is 0.0686. The van der Waals surface area contributed by atoms with E-state index in [1.807, 2.05) is 0 Å². The van der Waals surface area contributed by atoms with Gasteiger partial charge in [0.1, 0.15) is 0 Å². The SMILES string of the molecule is CCC1(CC)CCN(C2CNc3ccccc3C2)CC1. The van der Waals surface area contributed by atoms with Crippen LogP contribution in [-0.2, 0) is 6.42 Å². The normalized spacial score (nSPS) is 25.8. The van der Waals surface area contributed by atoms with Crippen LogP contribution in [0.15, 0.2) is 24.3 Å². The smallest absolute Gasteiger partial charge is 0.0373 e. The van der Waals surface area contributed by atoms with Crippen LogP contribution in [0.2, 0.25) is 0 Å². The topological polar surface area (TPSA) is 15.3 Å². The fourth-order valence-corrected chi connectivity index (χ4v) is 4.00. The van der Waals surface area contributed by atoms with Crippen molar-refractivity contribution < 1.29 is 0 Å². The number of piperidine rings is 1. The lowest BCUT2D eigenvalue weighted by Gasteiger charge is -2.45. The molecular weight excluding hydrogens is 244 g/mol. The highest BCUT2D eigenvalue weighted by atomic mass is 15.2. The van der Waals surface area contributed by atoms with Crippen molar-refractivity contribution >= 4 is 5.69 Å². The van der Waals surface area contributed by atoms with Gasteiger partial charge >= 0.3 is 0 Å². The van der Waals surface area contributed by atoms with E-state index in [9.17, 15) is 0 Å². The monoisotopic (exact) mass is 272 g/mol. The van der Waals surface area contributed by atoms with E-state index in [0.717, 1.165) is 6.54 Å². The number of nitrogens with one attached hydrogen (secondary N) is 1. The van der Waals surface area contributed by atoms with Gasteiger partial charge in [0.15, 0.2) is 0 Å². The Balaban J connectivity index is 1.63. The molecule has 0 aromatic heterocycles. The molecule has 2 aliphatic rings. The maximum Gasteiger partial charge on any atom is 0.0373 e. The van der Waals surface area contributed by atoms with Gasteiger partial charge in [-0.3, -0.25) is 4.90 Å². The molecule has 0 saturated carbocycles. The number of benzene rings is 1. The van der Waals surface area contributed by atoms with E-state index in [4.69, 9.17) is 0 Å². The predicted molar refractivity (Wildman–Crippen MR) is 86.2 cm³/mol. The van der Waals surface area contributed by atoms with Crippen molar-refractivity contribution in [3.8, 4) is 0 Å². The number of fused-ring (bicyclic) bond motifs is 1. The highest BCUT2D eigenvalue weighted by Gasteiger charge is 2.34. The first-order valence-electron chi connectivity index (χ1n) is 8.32. The fourth-order valence-electron chi connectivity index (χ4n) is 4.00. The van der Waals surface area contributed by atoms with Gasteiger partial charge in [0, 0.05) is 18.3 Å². The summed E-state index contributed by atoms with van der Waals surface area (Å²) in [6.45, 7) is 8.43. The van der Waals surface area contributed by atoms with Crippen molar-refractivity contribution in [3.63, 3.8) is 0 Å². The molecule has 1 aromatic carbocycles. The minimum atomic E-state index is 0.635. The Bertz CT molecular complexity index is 440. The number of hydrogen-bond acceptors (Lipinski definition) is 2. The number of rotatable bonds is 3. The van der Waals surface area contributed by atoms with Crippen LogP contribution in [0.4, 0.5) is 5.69 Å². The van der Waals surface area contributed by atoms with E-state index in [1.54, 1.807) is 0 Å². The molecule has 1 fully saturated rings. The summed E-state index contributed by atoms with van der Waals surface area (Å²) in [6, 6.07) is 9.47. The molecule has 2 aliphatic heterocycles. The molecule has 0 aliphatic carbocycles.